The highest BCUT2D eigenvalue weighted by Gasteiger charge is 2.36. The number of ketones is 1. The highest BCUT2D eigenvalue weighted by Crippen LogP contribution is 2.32. The average Bonchev–Trinajstić information content (AvgIpc) is 2.31. The highest BCUT2D eigenvalue weighted by atomic mass is 16.3. The molecule has 0 unspecified atom stereocenters. The molecule has 0 heterocycles. The van der Waals surface area contributed by atoms with Gasteiger partial charge in [0.1, 0.15) is 5.78 Å². The summed E-state index contributed by atoms with van der Waals surface area (Å²) in [6, 6.07) is 9.44. The van der Waals surface area contributed by atoms with E-state index in [0.29, 0.717) is 12.8 Å². The van der Waals surface area contributed by atoms with Gasteiger partial charge in [0.05, 0.1) is 11.5 Å². The van der Waals surface area contributed by atoms with Gasteiger partial charge in [0, 0.05) is 6.42 Å². The molecule has 2 nitrogen and oxygen atoms in total. The number of Topliss-reactive ketones (excluding diaryl/α,β-unsaturated/α-hetero) is 1. The van der Waals surface area contributed by atoms with E-state index in [2.05, 4.69) is 0 Å². The van der Waals surface area contributed by atoms with Crippen LogP contribution in [0.3, 0.4) is 0 Å². The zero-order valence-electron chi connectivity index (χ0n) is 10.9. The Labute approximate surface area is 104 Å². The minimum absolute atomic E-state index is 0.156. The Balaban J connectivity index is 2.98. The molecule has 1 aromatic rings. The number of hydrogen-bond donors (Lipinski definition) is 1. The van der Waals surface area contributed by atoms with Crippen LogP contribution in [-0.4, -0.2) is 10.9 Å². The predicted octanol–water partition coefficient (Wildman–Crippen LogP) is 3.29. The normalized spacial score (nSPS) is 16.2. The zero-order valence-corrected chi connectivity index (χ0v) is 10.9. The maximum atomic E-state index is 12.0. The molecule has 0 amide bonds. The van der Waals surface area contributed by atoms with Gasteiger partial charge in [-0.05, 0) is 25.3 Å². The van der Waals surface area contributed by atoms with Crippen LogP contribution in [0.4, 0.5) is 0 Å². The van der Waals surface area contributed by atoms with E-state index < -0.39 is 5.60 Å². The van der Waals surface area contributed by atoms with Crippen LogP contribution in [0, 0.1) is 5.92 Å². The summed E-state index contributed by atoms with van der Waals surface area (Å²) in [4.78, 5) is 12.0. The first-order valence-electron chi connectivity index (χ1n) is 6.34. The molecule has 0 spiro atoms. The minimum Gasteiger partial charge on any atom is -0.385 e. The summed E-state index contributed by atoms with van der Waals surface area (Å²) in [5, 5.41) is 10.6. The smallest absolute Gasteiger partial charge is 0.139 e. The second-order valence-corrected chi connectivity index (χ2v) is 4.69. The van der Waals surface area contributed by atoms with E-state index >= 15 is 0 Å². The molecule has 2 heteroatoms. The van der Waals surface area contributed by atoms with Gasteiger partial charge in [-0.1, -0.05) is 44.2 Å². The van der Waals surface area contributed by atoms with Gasteiger partial charge in [0.25, 0.3) is 0 Å². The quantitative estimate of drug-likeness (QED) is 0.820. The number of benzene rings is 1. The fraction of sp³-hybridized carbons (Fsp3) is 0.533. The third kappa shape index (κ3) is 3.16. The van der Waals surface area contributed by atoms with Gasteiger partial charge in [-0.3, -0.25) is 4.79 Å². The number of carbonyl (C=O) groups excluding carboxylic acids is 1. The average molecular weight is 234 g/mol. The van der Waals surface area contributed by atoms with Crippen molar-refractivity contribution >= 4 is 5.78 Å². The van der Waals surface area contributed by atoms with Crippen molar-refractivity contribution in [3.63, 3.8) is 0 Å². The number of carbonyl (C=O) groups is 1. The molecule has 0 aromatic heterocycles. The summed E-state index contributed by atoms with van der Waals surface area (Å²) in [5.41, 5.74) is -0.251. The molecular formula is C15H22O2. The first kappa shape index (κ1) is 13.9. The van der Waals surface area contributed by atoms with Gasteiger partial charge >= 0.3 is 0 Å². The summed E-state index contributed by atoms with van der Waals surface area (Å²) in [6.07, 6.45) is 2.04. The first-order chi connectivity index (χ1) is 8.04. The highest BCUT2D eigenvalue weighted by molar-refractivity contribution is 5.82. The van der Waals surface area contributed by atoms with Crippen molar-refractivity contribution < 1.29 is 9.90 Å². The minimum atomic E-state index is -1.07. The van der Waals surface area contributed by atoms with Crippen molar-refractivity contribution in [2.45, 2.75) is 45.6 Å². The topological polar surface area (TPSA) is 37.3 Å². The van der Waals surface area contributed by atoms with Gasteiger partial charge in [0.15, 0.2) is 0 Å². The Morgan fingerprint density at radius 3 is 2.35 bits per heavy atom. The van der Waals surface area contributed by atoms with E-state index in [1.54, 1.807) is 6.92 Å². The SMILES string of the molecule is CCCC(=O)[C@H](CC)[C@](C)(O)c1ccccc1. The molecule has 1 rings (SSSR count). The van der Waals surface area contributed by atoms with Gasteiger partial charge in [0.2, 0.25) is 0 Å². The van der Waals surface area contributed by atoms with Crippen LogP contribution < -0.4 is 0 Å². The van der Waals surface area contributed by atoms with Crippen LogP contribution in [0.1, 0.15) is 45.6 Å². The molecule has 0 aliphatic rings. The Kier molecular flexibility index (Phi) is 4.88. The standard InChI is InChI=1S/C15H22O2/c1-4-9-14(16)13(5-2)15(3,17)12-10-7-6-8-11-12/h6-8,10-11,13,17H,4-5,9H2,1-3H3/t13-,15+/m0/s1. The first-order valence-corrected chi connectivity index (χ1v) is 6.34. The van der Waals surface area contributed by atoms with Crippen LogP contribution in [0.25, 0.3) is 0 Å². The fourth-order valence-corrected chi connectivity index (χ4v) is 2.34. The number of aliphatic hydroxyl groups is 1. The van der Waals surface area contributed by atoms with Crippen LogP contribution in [0.15, 0.2) is 30.3 Å². The van der Waals surface area contributed by atoms with Gasteiger partial charge in [-0.25, -0.2) is 0 Å². The monoisotopic (exact) mass is 234 g/mol. The molecule has 2 atom stereocenters. The molecule has 0 aliphatic carbocycles. The summed E-state index contributed by atoms with van der Waals surface area (Å²) >= 11 is 0. The Bertz CT molecular complexity index is 354. The van der Waals surface area contributed by atoms with E-state index in [-0.39, 0.29) is 11.7 Å². The lowest BCUT2D eigenvalue weighted by Crippen LogP contribution is -2.36. The summed E-state index contributed by atoms with van der Waals surface area (Å²) in [5.74, 6) is -0.159. The van der Waals surface area contributed by atoms with Crippen LogP contribution in [0.5, 0.6) is 0 Å². The number of hydrogen-bond acceptors (Lipinski definition) is 2. The molecular weight excluding hydrogens is 212 g/mol. The Hall–Kier alpha value is -1.15. The van der Waals surface area contributed by atoms with Crippen LogP contribution >= 0.6 is 0 Å². The molecule has 1 N–H and O–H groups in total. The van der Waals surface area contributed by atoms with Crippen molar-refractivity contribution in [1.29, 1.82) is 0 Å². The van der Waals surface area contributed by atoms with Crippen molar-refractivity contribution in [2.24, 2.45) is 5.92 Å². The van der Waals surface area contributed by atoms with E-state index in [1.807, 2.05) is 44.2 Å². The van der Waals surface area contributed by atoms with Gasteiger partial charge in [-0.2, -0.15) is 0 Å². The Morgan fingerprint density at radius 1 is 1.29 bits per heavy atom. The fourth-order valence-electron chi connectivity index (χ4n) is 2.34. The molecule has 0 saturated carbocycles. The summed E-state index contributed by atoms with van der Waals surface area (Å²) in [7, 11) is 0. The van der Waals surface area contributed by atoms with E-state index in [0.717, 1.165) is 12.0 Å². The van der Waals surface area contributed by atoms with Crippen molar-refractivity contribution in [3.05, 3.63) is 35.9 Å². The van der Waals surface area contributed by atoms with E-state index in [1.165, 1.54) is 0 Å². The van der Waals surface area contributed by atoms with Crippen molar-refractivity contribution in [2.75, 3.05) is 0 Å². The molecule has 1 aromatic carbocycles. The predicted molar refractivity (Wildman–Crippen MR) is 69.7 cm³/mol. The third-order valence-corrected chi connectivity index (χ3v) is 3.33. The van der Waals surface area contributed by atoms with Gasteiger partial charge in [-0.15, -0.1) is 0 Å². The molecule has 0 fully saturated rings. The second-order valence-electron chi connectivity index (χ2n) is 4.69. The Morgan fingerprint density at radius 2 is 1.88 bits per heavy atom. The zero-order chi connectivity index (χ0) is 12.9. The molecule has 17 heavy (non-hydrogen) atoms. The number of rotatable bonds is 6. The summed E-state index contributed by atoms with van der Waals surface area (Å²) in [6.45, 7) is 5.68. The lowest BCUT2D eigenvalue weighted by Gasteiger charge is -2.31. The lowest BCUT2D eigenvalue weighted by atomic mass is 9.78. The van der Waals surface area contributed by atoms with Crippen LogP contribution in [0.2, 0.25) is 0 Å². The van der Waals surface area contributed by atoms with E-state index in [9.17, 15) is 9.90 Å². The lowest BCUT2D eigenvalue weighted by molar-refractivity contribution is -0.132. The molecule has 94 valence electrons. The molecule has 0 bridgehead atoms. The van der Waals surface area contributed by atoms with Crippen molar-refractivity contribution in [1.82, 2.24) is 0 Å². The molecule has 0 radical (unpaired) electrons. The third-order valence-electron chi connectivity index (χ3n) is 3.33. The van der Waals surface area contributed by atoms with Gasteiger partial charge < -0.3 is 5.11 Å². The van der Waals surface area contributed by atoms with E-state index in [4.69, 9.17) is 0 Å². The second kappa shape index (κ2) is 5.97. The molecule has 0 aliphatic heterocycles. The van der Waals surface area contributed by atoms with Crippen LogP contribution in [-0.2, 0) is 10.4 Å². The maximum Gasteiger partial charge on any atom is 0.139 e. The summed E-state index contributed by atoms with van der Waals surface area (Å²) < 4.78 is 0. The largest absolute Gasteiger partial charge is 0.385 e. The maximum absolute atomic E-state index is 12.0. The molecule has 0 saturated heterocycles. The van der Waals surface area contributed by atoms with Crippen molar-refractivity contribution in [3.8, 4) is 0 Å².